The monoisotopic (exact) mass is 1030 g/mol. The van der Waals surface area contributed by atoms with E-state index in [0.717, 1.165) is 70.6 Å². The van der Waals surface area contributed by atoms with Crippen LogP contribution in [0.25, 0.3) is 0 Å². The van der Waals surface area contributed by atoms with Crippen molar-refractivity contribution in [2.75, 3.05) is 13.2 Å². The third-order valence-electron chi connectivity index (χ3n) is 15.5. The van der Waals surface area contributed by atoms with E-state index in [9.17, 15) is 19.8 Å². The highest BCUT2D eigenvalue weighted by Gasteiger charge is 2.18. The number of aliphatic hydroxyl groups is 2. The van der Waals surface area contributed by atoms with Crippen LogP contribution >= 0.6 is 0 Å². The van der Waals surface area contributed by atoms with Gasteiger partial charge in [0.2, 0.25) is 5.91 Å². The predicted molar refractivity (Wildman–Crippen MR) is 320 cm³/mol. The Morgan fingerprint density at radius 1 is 0.370 bits per heavy atom. The Morgan fingerprint density at radius 3 is 0.973 bits per heavy atom. The molecule has 0 aromatic rings. The number of ether oxygens (including phenoxy) is 1. The van der Waals surface area contributed by atoms with Gasteiger partial charge < -0.3 is 20.3 Å². The van der Waals surface area contributed by atoms with Gasteiger partial charge in [0.25, 0.3) is 0 Å². The fourth-order valence-corrected chi connectivity index (χ4v) is 10.4. The normalized spacial score (nSPS) is 12.7. The van der Waals surface area contributed by atoms with Crippen LogP contribution in [0.3, 0.4) is 0 Å². The number of carbonyl (C=O) groups excluding carboxylic acids is 2. The van der Waals surface area contributed by atoms with E-state index in [0.29, 0.717) is 19.4 Å². The summed E-state index contributed by atoms with van der Waals surface area (Å²) in [4.78, 5) is 24.6. The molecule has 1 amide bonds. The third kappa shape index (κ3) is 59.4. The number of esters is 1. The molecule has 0 aliphatic rings. The lowest BCUT2D eigenvalue weighted by Crippen LogP contribution is -2.45. The molecule has 0 saturated carbocycles. The number of unbranched alkanes of at least 4 members (excludes halogenated alkanes) is 49. The lowest BCUT2D eigenvalue weighted by atomic mass is 10.0. The molecule has 0 aromatic carbocycles. The number of amides is 1. The molecule has 0 heterocycles. The van der Waals surface area contributed by atoms with Crippen molar-refractivity contribution in [2.45, 2.75) is 379 Å². The Balaban J connectivity index is 3.47. The number of aliphatic hydroxyl groups excluding tert-OH is 2. The zero-order valence-corrected chi connectivity index (χ0v) is 49.4. The van der Waals surface area contributed by atoms with Crippen molar-refractivity contribution in [3.05, 3.63) is 24.3 Å². The van der Waals surface area contributed by atoms with E-state index in [1.807, 2.05) is 6.08 Å². The predicted octanol–water partition coefficient (Wildman–Crippen LogP) is 21.0. The Morgan fingerprint density at radius 2 is 0.644 bits per heavy atom. The third-order valence-corrected chi connectivity index (χ3v) is 15.5. The highest BCUT2D eigenvalue weighted by molar-refractivity contribution is 5.76. The summed E-state index contributed by atoms with van der Waals surface area (Å²) >= 11 is 0. The maximum absolute atomic E-state index is 12.5. The highest BCUT2D eigenvalue weighted by atomic mass is 16.5. The van der Waals surface area contributed by atoms with Crippen LogP contribution in [0.5, 0.6) is 0 Å². The van der Waals surface area contributed by atoms with Gasteiger partial charge in [0.1, 0.15) is 0 Å². The van der Waals surface area contributed by atoms with Crippen molar-refractivity contribution in [1.82, 2.24) is 5.32 Å². The second-order valence-corrected chi connectivity index (χ2v) is 22.8. The molecule has 6 nitrogen and oxygen atoms in total. The smallest absolute Gasteiger partial charge is 0.305 e. The van der Waals surface area contributed by atoms with Gasteiger partial charge in [-0.3, -0.25) is 9.59 Å². The summed E-state index contributed by atoms with van der Waals surface area (Å²) in [7, 11) is 0. The number of allylic oxidation sites excluding steroid dienone is 3. The summed E-state index contributed by atoms with van der Waals surface area (Å²) in [6.45, 7) is 4.91. The van der Waals surface area contributed by atoms with Crippen molar-refractivity contribution in [2.24, 2.45) is 0 Å². The molecule has 0 aliphatic heterocycles. The van der Waals surface area contributed by atoms with E-state index in [-0.39, 0.29) is 18.5 Å². The Bertz CT molecular complexity index is 1140. The van der Waals surface area contributed by atoms with Crippen LogP contribution in [-0.2, 0) is 14.3 Å². The zero-order chi connectivity index (χ0) is 52.9. The molecule has 2 unspecified atom stereocenters. The fourth-order valence-electron chi connectivity index (χ4n) is 10.4. The summed E-state index contributed by atoms with van der Waals surface area (Å²) in [5.41, 5.74) is 0. The van der Waals surface area contributed by atoms with Crippen molar-refractivity contribution >= 4 is 11.9 Å². The molecule has 0 spiro atoms. The minimum atomic E-state index is -0.856. The van der Waals surface area contributed by atoms with Crippen molar-refractivity contribution < 1.29 is 24.5 Å². The largest absolute Gasteiger partial charge is 0.466 e. The molecule has 2 atom stereocenters. The molecule has 0 aromatic heterocycles. The van der Waals surface area contributed by atoms with Crippen LogP contribution in [0.4, 0.5) is 0 Å². The van der Waals surface area contributed by atoms with Gasteiger partial charge in [-0.15, -0.1) is 0 Å². The first-order valence-electron chi connectivity index (χ1n) is 33.1. The number of carbonyl (C=O) groups is 2. The van der Waals surface area contributed by atoms with Crippen LogP contribution in [0.1, 0.15) is 367 Å². The van der Waals surface area contributed by atoms with Crippen LogP contribution in [0, 0.1) is 0 Å². The van der Waals surface area contributed by atoms with Gasteiger partial charge >= 0.3 is 5.97 Å². The molecule has 0 rings (SSSR count). The molecule has 0 fully saturated rings. The zero-order valence-electron chi connectivity index (χ0n) is 49.4. The molecule has 0 radical (unpaired) electrons. The van der Waals surface area contributed by atoms with E-state index < -0.39 is 12.1 Å². The van der Waals surface area contributed by atoms with Gasteiger partial charge in [0, 0.05) is 12.8 Å². The van der Waals surface area contributed by atoms with Crippen molar-refractivity contribution in [1.29, 1.82) is 0 Å². The highest BCUT2D eigenvalue weighted by Crippen LogP contribution is 2.18. The van der Waals surface area contributed by atoms with E-state index in [2.05, 4.69) is 31.3 Å². The van der Waals surface area contributed by atoms with E-state index in [4.69, 9.17) is 4.74 Å². The first-order valence-corrected chi connectivity index (χ1v) is 33.1. The topological polar surface area (TPSA) is 95.9 Å². The SMILES string of the molecule is CCCCCCCCCCCCCCCCCCCCCCCC/C=C/C(O)C(CO)NC(=O)CCCCCCCCC/C=C\CCCCCCOC(=O)CCCCCCCCCCCCCCCCCCC. The van der Waals surface area contributed by atoms with Crippen LogP contribution in [0.2, 0.25) is 0 Å². The summed E-state index contributed by atoms with van der Waals surface area (Å²) in [5.74, 6) is -0.0854. The van der Waals surface area contributed by atoms with Crippen LogP contribution in [0.15, 0.2) is 24.3 Å². The van der Waals surface area contributed by atoms with Gasteiger partial charge in [0.05, 0.1) is 25.4 Å². The van der Waals surface area contributed by atoms with E-state index in [1.54, 1.807) is 6.08 Å². The molecule has 6 heteroatoms. The standard InChI is InChI=1S/C67H129NO5/c1-3-5-7-9-11-13-15-17-19-21-22-23-24-25-26-27-29-31-35-39-43-47-51-55-59-65(70)64(63-69)68-66(71)60-56-52-48-44-40-36-32-30-34-38-42-46-50-54-58-62-73-67(72)61-57-53-49-45-41-37-33-28-20-18-16-14-12-10-8-6-4-2/h34,38,55,59,64-65,69-70H,3-33,35-37,39-54,56-58,60-63H2,1-2H3,(H,68,71)/b38-34-,59-55+. The maximum atomic E-state index is 12.5. The van der Waals surface area contributed by atoms with Crippen LogP contribution in [-0.4, -0.2) is 47.4 Å². The maximum Gasteiger partial charge on any atom is 0.305 e. The minimum absolute atomic E-state index is 0.00633. The lowest BCUT2D eigenvalue weighted by Gasteiger charge is -2.20. The van der Waals surface area contributed by atoms with Gasteiger partial charge in [-0.1, -0.05) is 321 Å². The van der Waals surface area contributed by atoms with Gasteiger partial charge in [-0.25, -0.2) is 0 Å². The number of rotatable bonds is 62. The summed E-state index contributed by atoms with van der Waals surface area (Å²) in [6.07, 6.45) is 78.0. The fraction of sp³-hybridized carbons (Fsp3) is 0.910. The molecule has 0 bridgehead atoms. The van der Waals surface area contributed by atoms with Gasteiger partial charge in [-0.2, -0.15) is 0 Å². The number of hydrogen-bond donors (Lipinski definition) is 3. The molecular formula is C67H129NO5. The van der Waals surface area contributed by atoms with Crippen molar-refractivity contribution in [3.8, 4) is 0 Å². The average Bonchev–Trinajstić information content (AvgIpc) is 3.39. The molecule has 0 saturated heterocycles. The minimum Gasteiger partial charge on any atom is -0.466 e. The molecule has 432 valence electrons. The van der Waals surface area contributed by atoms with Gasteiger partial charge in [0.15, 0.2) is 0 Å². The average molecular weight is 1030 g/mol. The summed E-state index contributed by atoms with van der Waals surface area (Å²) in [6, 6.07) is -0.640. The van der Waals surface area contributed by atoms with Crippen molar-refractivity contribution in [3.63, 3.8) is 0 Å². The lowest BCUT2D eigenvalue weighted by molar-refractivity contribution is -0.143. The number of hydrogen-bond acceptors (Lipinski definition) is 5. The van der Waals surface area contributed by atoms with Crippen LogP contribution < -0.4 is 5.32 Å². The summed E-state index contributed by atoms with van der Waals surface area (Å²) < 4.78 is 5.48. The quantitative estimate of drug-likeness (QED) is 0.0320. The van der Waals surface area contributed by atoms with E-state index >= 15 is 0 Å². The Kier molecular flexibility index (Phi) is 61.4. The van der Waals surface area contributed by atoms with E-state index in [1.165, 1.54) is 270 Å². The number of nitrogens with one attached hydrogen (secondary N) is 1. The Labute approximate surface area is 456 Å². The second-order valence-electron chi connectivity index (χ2n) is 22.8. The molecular weight excluding hydrogens is 899 g/mol. The molecule has 3 N–H and O–H groups in total. The molecule has 0 aliphatic carbocycles. The molecule has 73 heavy (non-hydrogen) atoms. The summed E-state index contributed by atoms with van der Waals surface area (Å²) in [5, 5.41) is 23.2. The first-order chi connectivity index (χ1) is 36.0. The second kappa shape index (κ2) is 62.9. The first kappa shape index (κ1) is 71.3. The Hall–Kier alpha value is -1.66. The van der Waals surface area contributed by atoms with Gasteiger partial charge in [-0.05, 0) is 57.8 Å².